The van der Waals surface area contributed by atoms with Crippen LogP contribution in [-0.2, 0) is 9.53 Å². The minimum atomic E-state index is -0.358. The summed E-state index contributed by atoms with van der Waals surface area (Å²) in [6.07, 6.45) is 16.9. The van der Waals surface area contributed by atoms with Crippen molar-refractivity contribution in [3.8, 4) is 17.6 Å². The lowest BCUT2D eigenvalue weighted by atomic mass is 10.1. The van der Waals surface area contributed by atoms with Crippen molar-refractivity contribution in [3.63, 3.8) is 0 Å². The Morgan fingerprint density at radius 2 is 1.47 bits per heavy atom. The third kappa shape index (κ3) is 12.6. The van der Waals surface area contributed by atoms with Crippen LogP contribution < -0.4 is 0 Å². The van der Waals surface area contributed by atoms with Crippen LogP contribution in [0, 0.1) is 11.8 Å². The van der Waals surface area contributed by atoms with Crippen LogP contribution in [-0.4, -0.2) is 23.9 Å². The number of hydrogen-bond acceptors (Lipinski definition) is 4. The maximum Gasteiger partial charge on any atom is 0.330 e. The fraction of sp³-hybridized carbons (Fsp3) is 0.400. The summed E-state index contributed by atoms with van der Waals surface area (Å²) < 4.78 is 5.21. The predicted octanol–water partition coefficient (Wildman–Crippen LogP) is 7.62. The number of unbranched alkanes of at least 4 members (excludes halogenated alkanes) is 8. The van der Waals surface area contributed by atoms with E-state index >= 15 is 0 Å². The molecule has 4 heteroatoms. The second kappa shape index (κ2) is 17.2. The first kappa shape index (κ1) is 26.9. The van der Waals surface area contributed by atoms with Gasteiger partial charge < -0.3 is 9.84 Å². The summed E-state index contributed by atoms with van der Waals surface area (Å²) in [5.74, 6) is 6.13. The van der Waals surface area contributed by atoms with Gasteiger partial charge in [-0.15, -0.1) is 5.92 Å². The Morgan fingerprint density at radius 1 is 0.853 bits per heavy atom. The summed E-state index contributed by atoms with van der Waals surface area (Å²) in [4.78, 5) is 16.2. The maximum atomic E-state index is 11.9. The highest BCUT2D eigenvalue weighted by Gasteiger charge is 1.97. The normalized spacial score (nSPS) is 11.0. The number of benzene rings is 2. The van der Waals surface area contributed by atoms with E-state index in [1.165, 1.54) is 51.0 Å². The van der Waals surface area contributed by atoms with Crippen molar-refractivity contribution in [2.45, 2.75) is 71.1 Å². The largest absolute Gasteiger partial charge is 0.508 e. The van der Waals surface area contributed by atoms with E-state index in [1.54, 1.807) is 36.6 Å². The quantitative estimate of drug-likeness (QED) is 0.104. The number of aromatic hydroxyl groups is 1. The zero-order chi connectivity index (χ0) is 24.3. The highest BCUT2D eigenvalue weighted by atomic mass is 16.5. The van der Waals surface area contributed by atoms with Crippen LogP contribution in [0.5, 0.6) is 5.75 Å². The minimum absolute atomic E-state index is 0.218. The molecule has 1 N–H and O–H groups in total. The maximum absolute atomic E-state index is 11.9. The topological polar surface area (TPSA) is 58.9 Å². The molecule has 0 saturated heterocycles. The summed E-state index contributed by atoms with van der Waals surface area (Å²) in [5, 5.41) is 9.30. The van der Waals surface area contributed by atoms with E-state index < -0.39 is 0 Å². The molecule has 2 aromatic rings. The molecule has 2 rings (SSSR count). The molecule has 0 saturated carbocycles. The fourth-order valence-corrected chi connectivity index (χ4v) is 3.32. The van der Waals surface area contributed by atoms with Crippen LogP contribution in [0.1, 0.15) is 82.3 Å². The number of esters is 1. The molecule has 0 heterocycles. The molecule has 0 spiro atoms. The van der Waals surface area contributed by atoms with Crippen molar-refractivity contribution < 1.29 is 14.6 Å². The number of rotatable bonds is 14. The number of carbonyl (C=O) groups is 1. The number of carbonyl (C=O) groups excluding carboxylic acids is 1. The van der Waals surface area contributed by atoms with Crippen molar-refractivity contribution in [1.82, 2.24) is 0 Å². The average molecular weight is 460 g/mol. The smallest absolute Gasteiger partial charge is 0.330 e. The highest BCUT2D eigenvalue weighted by molar-refractivity contribution is 5.87. The Bertz CT molecular complexity index is 947. The van der Waals surface area contributed by atoms with E-state index in [1.807, 2.05) is 24.3 Å². The minimum Gasteiger partial charge on any atom is -0.508 e. The lowest BCUT2D eigenvalue weighted by Crippen LogP contribution is -2.01. The molecule has 0 aliphatic carbocycles. The summed E-state index contributed by atoms with van der Waals surface area (Å²) in [6, 6.07) is 14.4. The van der Waals surface area contributed by atoms with Crippen LogP contribution in [0.2, 0.25) is 0 Å². The molecule has 0 aliphatic heterocycles. The molecule has 0 radical (unpaired) electrons. The van der Waals surface area contributed by atoms with Crippen molar-refractivity contribution in [2.24, 2.45) is 4.99 Å². The lowest BCUT2D eigenvalue weighted by molar-refractivity contribution is -0.137. The van der Waals surface area contributed by atoms with E-state index in [4.69, 9.17) is 4.74 Å². The van der Waals surface area contributed by atoms with Crippen LogP contribution in [0.3, 0.4) is 0 Å². The fourth-order valence-electron chi connectivity index (χ4n) is 3.32. The first-order valence-electron chi connectivity index (χ1n) is 12.4. The van der Waals surface area contributed by atoms with E-state index in [2.05, 4.69) is 23.8 Å². The van der Waals surface area contributed by atoms with Gasteiger partial charge >= 0.3 is 5.97 Å². The number of phenolic OH excluding ortho intramolecular Hbond substituents is 1. The third-order valence-electron chi connectivity index (χ3n) is 5.31. The van der Waals surface area contributed by atoms with Gasteiger partial charge in [-0.05, 0) is 47.9 Å². The molecule has 0 aromatic heterocycles. The first-order chi connectivity index (χ1) is 16.7. The molecule has 0 unspecified atom stereocenters. The molecule has 180 valence electrons. The molecule has 0 fully saturated rings. The van der Waals surface area contributed by atoms with Crippen molar-refractivity contribution in [1.29, 1.82) is 0 Å². The van der Waals surface area contributed by atoms with Gasteiger partial charge in [0, 0.05) is 25.1 Å². The second-order valence-corrected chi connectivity index (χ2v) is 8.27. The van der Waals surface area contributed by atoms with Gasteiger partial charge in [0.1, 0.15) is 12.4 Å². The van der Waals surface area contributed by atoms with Gasteiger partial charge in [0.05, 0.1) is 5.69 Å². The van der Waals surface area contributed by atoms with Gasteiger partial charge in [-0.25, -0.2) is 4.79 Å². The molecule has 34 heavy (non-hydrogen) atoms. The molecular weight excluding hydrogens is 422 g/mol. The molecule has 0 amide bonds. The standard InChI is InChI=1S/C30H37NO3/c1-2-3-4-5-6-7-8-9-10-11-12-13-24-34-30(33)23-18-26-14-16-27(17-15-26)25-31-28-19-21-29(32)22-20-28/h14-23,25,32H,2-10,13,24H2,1H3. The molecule has 4 nitrogen and oxygen atoms in total. The van der Waals surface area contributed by atoms with E-state index in [-0.39, 0.29) is 11.7 Å². The Kier molecular flexibility index (Phi) is 13.6. The molecule has 0 bridgehead atoms. The second-order valence-electron chi connectivity index (χ2n) is 8.27. The highest BCUT2D eigenvalue weighted by Crippen LogP contribution is 2.16. The first-order valence-corrected chi connectivity index (χ1v) is 12.4. The van der Waals surface area contributed by atoms with Gasteiger partial charge in [0.2, 0.25) is 0 Å². The lowest BCUT2D eigenvalue weighted by Gasteiger charge is -1.99. The number of hydrogen-bond donors (Lipinski definition) is 1. The molecular formula is C30H37NO3. The van der Waals surface area contributed by atoms with Gasteiger partial charge in [-0.2, -0.15) is 0 Å². The Labute approximate surface area is 204 Å². The Morgan fingerprint density at radius 3 is 2.18 bits per heavy atom. The number of ether oxygens (including phenoxy) is 1. The number of phenols is 1. The molecule has 2 aromatic carbocycles. The van der Waals surface area contributed by atoms with E-state index in [9.17, 15) is 9.90 Å². The monoisotopic (exact) mass is 459 g/mol. The third-order valence-corrected chi connectivity index (χ3v) is 5.31. The van der Waals surface area contributed by atoms with E-state index in [0.717, 1.165) is 29.7 Å². The number of aliphatic imine (C=N–C) groups is 1. The van der Waals surface area contributed by atoms with Gasteiger partial charge in [0.25, 0.3) is 0 Å². The molecule has 0 atom stereocenters. The summed E-state index contributed by atoms with van der Waals surface area (Å²) in [5.41, 5.74) is 2.62. The Hall–Kier alpha value is -3.32. The van der Waals surface area contributed by atoms with Crippen molar-refractivity contribution >= 4 is 23.9 Å². The molecule has 0 aliphatic rings. The van der Waals surface area contributed by atoms with Crippen LogP contribution in [0.15, 0.2) is 59.6 Å². The van der Waals surface area contributed by atoms with Gasteiger partial charge in [-0.3, -0.25) is 4.99 Å². The van der Waals surface area contributed by atoms with Crippen molar-refractivity contribution in [2.75, 3.05) is 6.61 Å². The van der Waals surface area contributed by atoms with E-state index in [0.29, 0.717) is 13.0 Å². The average Bonchev–Trinajstić information content (AvgIpc) is 2.86. The zero-order valence-corrected chi connectivity index (χ0v) is 20.3. The summed E-state index contributed by atoms with van der Waals surface area (Å²) in [6.45, 7) is 2.57. The summed E-state index contributed by atoms with van der Waals surface area (Å²) in [7, 11) is 0. The van der Waals surface area contributed by atoms with Crippen LogP contribution in [0.4, 0.5) is 5.69 Å². The van der Waals surface area contributed by atoms with Crippen molar-refractivity contribution in [3.05, 3.63) is 65.7 Å². The van der Waals surface area contributed by atoms with Crippen LogP contribution in [0.25, 0.3) is 6.08 Å². The number of nitrogens with zero attached hydrogens (tertiary/aromatic N) is 1. The zero-order valence-electron chi connectivity index (χ0n) is 20.3. The predicted molar refractivity (Wildman–Crippen MR) is 141 cm³/mol. The summed E-state index contributed by atoms with van der Waals surface area (Å²) >= 11 is 0. The van der Waals surface area contributed by atoms with Gasteiger partial charge in [0.15, 0.2) is 0 Å². The van der Waals surface area contributed by atoms with Gasteiger partial charge in [-0.1, -0.05) is 82.1 Å². The Balaban J connectivity index is 1.57. The van der Waals surface area contributed by atoms with Crippen LogP contribution >= 0.6 is 0 Å². The SMILES string of the molecule is CCCCCCCCCCC#CCCOC(=O)C=Cc1ccc(C=Nc2ccc(O)cc2)cc1.